The van der Waals surface area contributed by atoms with Crippen molar-refractivity contribution in [3.05, 3.63) is 12.7 Å². The van der Waals surface area contributed by atoms with E-state index in [0.717, 1.165) is 5.92 Å². The first-order valence-electron chi connectivity index (χ1n) is 5.76. The van der Waals surface area contributed by atoms with E-state index < -0.39 is 8.07 Å². The van der Waals surface area contributed by atoms with Crippen LogP contribution >= 0.6 is 0 Å². The molecule has 0 aliphatic heterocycles. The van der Waals surface area contributed by atoms with Crippen LogP contribution in [0.15, 0.2) is 12.7 Å². The van der Waals surface area contributed by atoms with Crippen molar-refractivity contribution in [2.24, 2.45) is 5.92 Å². The van der Waals surface area contributed by atoms with Gasteiger partial charge in [-0.05, 0) is 12.3 Å². The number of hydrogen-bond acceptors (Lipinski definition) is 0. The molecule has 1 atom stereocenters. The van der Waals surface area contributed by atoms with Gasteiger partial charge >= 0.3 is 0 Å². The molecule has 0 saturated carbocycles. The average Bonchev–Trinajstić information content (AvgIpc) is 2.20. The summed E-state index contributed by atoms with van der Waals surface area (Å²) in [6.07, 6.45) is 3.46. The minimum atomic E-state index is -0.844. The van der Waals surface area contributed by atoms with Crippen LogP contribution in [0.3, 0.4) is 0 Å². The second kappa shape index (κ2) is 6.42. The Morgan fingerprint density at radius 1 is 1.15 bits per heavy atom. The molecule has 0 N–H and O–H groups in total. The molecule has 0 aromatic heterocycles. The van der Waals surface area contributed by atoms with Gasteiger partial charge in [-0.15, -0.1) is 6.58 Å². The van der Waals surface area contributed by atoms with Crippen molar-refractivity contribution in [1.82, 2.24) is 0 Å². The summed E-state index contributed by atoms with van der Waals surface area (Å²) in [5, 5.41) is 0. The fourth-order valence-electron chi connectivity index (χ4n) is 1.93. The zero-order valence-electron chi connectivity index (χ0n) is 9.90. The molecule has 0 amide bonds. The van der Waals surface area contributed by atoms with Crippen LogP contribution in [0.1, 0.15) is 34.1 Å². The third-order valence-corrected chi connectivity index (χ3v) is 9.63. The molecule has 0 saturated heterocycles. The molecule has 0 bridgehead atoms. The summed E-state index contributed by atoms with van der Waals surface area (Å²) in [7, 11) is -0.844. The highest BCUT2D eigenvalue weighted by Crippen LogP contribution is 2.28. The minimum absolute atomic E-state index is 0.719. The quantitative estimate of drug-likeness (QED) is 0.410. The maximum Gasteiger partial charge on any atom is 0.0527 e. The van der Waals surface area contributed by atoms with Crippen molar-refractivity contribution in [3.63, 3.8) is 0 Å². The maximum atomic E-state index is 3.85. The van der Waals surface area contributed by atoms with Crippen LogP contribution in [0.2, 0.25) is 24.2 Å². The van der Waals surface area contributed by atoms with Crippen molar-refractivity contribution in [2.45, 2.75) is 58.3 Å². The predicted molar refractivity (Wildman–Crippen MR) is 66.0 cm³/mol. The van der Waals surface area contributed by atoms with Crippen LogP contribution in [0, 0.1) is 5.92 Å². The van der Waals surface area contributed by atoms with Gasteiger partial charge in [0.05, 0.1) is 8.07 Å². The molecule has 0 fully saturated rings. The van der Waals surface area contributed by atoms with Crippen LogP contribution in [-0.4, -0.2) is 8.07 Å². The van der Waals surface area contributed by atoms with Gasteiger partial charge in [-0.1, -0.05) is 57.9 Å². The van der Waals surface area contributed by atoms with Gasteiger partial charge in [0.2, 0.25) is 0 Å². The van der Waals surface area contributed by atoms with E-state index in [9.17, 15) is 0 Å². The highest BCUT2D eigenvalue weighted by Gasteiger charge is 2.26. The molecule has 0 spiro atoms. The van der Waals surface area contributed by atoms with Crippen LogP contribution in [-0.2, 0) is 0 Å². The molecule has 0 rings (SSSR count). The SMILES string of the molecule is C=CC(C)CC[Si](CC)(CC)CC. The molecule has 0 aliphatic rings. The van der Waals surface area contributed by atoms with Crippen molar-refractivity contribution in [1.29, 1.82) is 0 Å². The van der Waals surface area contributed by atoms with E-state index in [1.54, 1.807) is 0 Å². The lowest BCUT2D eigenvalue weighted by molar-refractivity contribution is 0.687. The third kappa shape index (κ3) is 4.12. The maximum absolute atomic E-state index is 3.85. The Morgan fingerprint density at radius 2 is 1.62 bits per heavy atom. The van der Waals surface area contributed by atoms with E-state index in [2.05, 4.69) is 40.3 Å². The average molecular weight is 198 g/mol. The molecular formula is C12H26Si. The van der Waals surface area contributed by atoms with E-state index in [1.165, 1.54) is 30.6 Å². The van der Waals surface area contributed by atoms with Gasteiger partial charge < -0.3 is 0 Å². The van der Waals surface area contributed by atoms with Gasteiger partial charge in [0.1, 0.15) is 0 Å². The van der Waals surface area contributed by atoms with Gasteiger partial charge in [0.15, 0.2) is 0 Å². The van der Waals surface area contributed by atoms with Gasteiger partial charge in [-0.3, -0.25) is 0 Å². The second-order valence-electron chi connectivity index (χ2n) is 4.31. The van der Waals surface area contributed by atoms with E-state index in [4.69, 9.17) is 0 Å². The Kier molecular flexibility index (Phi) is 6.40. The van der Waals surface area contributed by atoms with Gasteiger partial charge in [-0.2, -0.15) is 0 Å². The topological polar surface area (TPSA) is 0 Å². The Hall–Kier alpha value is -0.0431. The molecule has 0 radical (unpaired) electrons. The highest BCUT2D eigenvalue weighted by atomic mass is 28.3. The fraction of sp³-hybridized carbons (Fsp3) is 0.833. The monoisotopic (exact) mass is 198 g/mol. The Labute approximate surface area is 85.4 Å². The summed E-state index contributed by atoms with van der Waals surface area (Å²) in [5.74, 6) is 0.719. The largest absolute Gasteiger partial charge is 0.103 e. The molecule has 13 heavy (non-hydrogen) atoms. The first-order chi connectivity index (χ1) is 6.14. The first kappa shape index (κ1) is 13.0. The summed E-state index contributed by atoms with van der Waals surface area (Å²) >= 11 is 0. The smallest absolute Gasteiger partial charge is 0.0527 e. The van der Waals surface area contributed by atoms with E-state index in [1.807, 2.05) is 0 Å². The molecule has 0 aromatic carbocycles. The fourth-order valence-corrected chi connectivity index (χ4v) is 5.56. The number of hydrogen-bond donors (Lipinski definition) is 0. The summed E-state index contributed by atoms with van der Waals surface area (Å²) in [6.45, 7) is 13.3. The van der Waals surface area contributed by atoms with E-state index >= 15 is 0 Å². The highest BCUT2D eigenvalue weighted by molar-refractivity contribution is 6.79. The molecule has 0 nitrogen and oxygen atoms in total. The molecule has 0 aliphatic carbocycles. The minimum Gasteiger partial charge on any atom is -0.103 e. The lowest BCUT2D eigenvalue weighted by atomic mass is 10.1. The lowest BCUT2D eigenvalue weighted by Gasteiger charge is -2.28. The standard InChI is InChI=1S/C12H26Si/c1-6-12(5)10-11-13(7-2,8-3)9-4/h6,12H,1,7-11H2,2-5H3. The first-order valence-corrected chi connectivity index (χ1v) is 8.59. The molecule has 78 valence electrons. The Morgan fingerprint density at radius 3 is 1.92 bits per heavy atom. The number of allylic oxidation sites excluding steroid dienone is 1. The van der Waals surface area contributed by atoms with Gasteiger partial charge in [0, 0.05) is 0 Å². The van der Waals surface area contributed by atoms with Crippen molar-refractivity contribution in [3.8, 4) is 0 Å². The molecule has 1 heteroatoms. The van der Waals surface area contributed by atoms with Crippen LogP contribution < -0.4 is 0 Å². The van der Waals surface area contributed by atoms with Crippen molar-refractivity contribution >= 4 is 8.07 Å². The second-order valence-corrected chi connectivity index (χ2v) is 9.93. The summed E-state index contributed by atoms with van der Waals surface area (Å²) in [4.78, 5) is 0. The van der Waals surface area contributed by atoms with E-state index in [0.29, 0.717) is 0 Å². The summed E-state index contributed by atoms with van der Waals surface area (Å²) < 4.78 is 0. The zero-order chi connectivity index (χ0) is 10.3. The Bertz CT molecular complexity index is 128. The van der Waals surface area contributed by atoms with Gasteiger partial charge in [-0.25, -0.2) is 0 Å². The summed E-state index contributed by atoms with van der Waals surface area (Å²) in [5.41, 5.74) is 0. The summed E-state index contributed by atoms with van der Waals surface area (Å²) in [6, 6.07) is 5.89. The Balaban J connectivity index is 4.02. The normalized spacial score (nSPS) is 14.2. The van der Waals surface area contributed by atoms with Gasteiger partial charge in [0.25, 0.3) is 0 Å². The van der Waals surface area contributed by atoms with Crippen LogP contribution in [0.4, 0.5) is 0 Å². The van der Waals surface area contributed by atoms with E-state index in [-0.39, 0.29) is 0 Å². The third-order valence-electron chi connectivity index (χ3n) is 3.78. The van der Waals surface area contributed by atoms with Crippen LogP contribution in [0.25, 0.3) is 0 Å². The molecule has 0 heterocycles. The molecular weight excluding hydrogens is 172 g/mol. The van der Waals surface area contributed by atoms with Crippen molar-refractivity contribution in [2.75, 3.05) is 0 Å². The molecule has 1 unspecified atom stereocenters. The zero-order valence-corrected chi connectivity index (χ0v) is 10.9. The molecule has 0 aromatic rings. The lowest BCUT2D eigenvalue weighted by Crippen LogP contribution is -2.31. The van der Waals surface area contributed by atoms with Crippen LogP contribution in [0.5, 0.6) is 0 Å². The number of rotatable bonds is 7. The van der Waals surface area contributed by atoms with Crippen molar-refractivity contribution < 1.29 is 0 Å². The predicted octanol–water partition coefficient (Wildman–Crippen LogP) is 4.71.